The Morgan fingerprint density at radius 1 is 1.12 bits per heavy atom. The normalized spacial score (nSPS) is 10.9. The van der Waals surface area contributed by atoms with Crippen LogP contribution in [0.25, 0.3) is 11.0 Å². The number of fused-ring (bicyclic) bond motifs is 1. The predicted octanol–water partition coefficient (Wildman–Crippen LogP) is 4.79. The summed E-state index contributed by atoms with van der Waals surface area (Å²) in [6.07, 6.45) is 5.86. The molecule has 2 rings (SSSR count). The number of hydrogen-bond donors (Lipinski definition) is 0. The van der Waals surface area contributed by atoms with Crippen LogP contribution in [0.4, 0.5) is 0 Å². The average Bonchev–Trinajstić information content (AvgIpc) is 2.59. The highest BCUT2D eigenvalue weighted by molar-refractivity contribution is 7.99. The lowest BCUT2D eigenvalue weighted by Gasteiger charge is -2.05. The second-order valence-corrected chi connectivity index (χ2v) is 6.75. The van der Waals surface area contributed by atoms with Crippen LogP contribution in [0, 0.1) is 0 Å². The lowest BCUT2D eigenvalue weighted by atomic mass is 10.2. The van der Waals surface area contributed by atoms with Crippen LogP contribution >= 0.6 is 11.8 Å². The van der Waals surface area contributed by atoms with Crippen LogP contribution in [0.3, 0.4) is 0 Å². The molecule has 24 heavy (non-hydrogen) atoms. The molecule has 0 amide bonds. The summed E-state index contributed by atoms with van der Waals surface area (Å²) >= 11 is 1.71. The van der Waals surface area contributed by atoms with Crippen molar-refractivity contribution in [2.45, 2.75) is 50.3 Å². The van der Waals surface area contributed by atoms with E-state index in [1.165, 1.54) is 0 Å². The SMILES string of the molecule is CCC(=O)OCCCCCCCSc1cc(=O)oc2ccccc12. The number of ether oxygens (including phenoxy) is 1. The van der Waals surface area contributed by atoms with Crippen LogP contribution in [-0.2, 0) is 9.53 Å². The Balaban J connectivity index is 1.65. The van der Waals surface area contributed by atoms with E-state index in [-0.39, 0.29) is 11.6 Å². The third-order valence-electron chi connectivity index (χ3n) is 3.71. The predicted molar refractivity (Wildman–Crippen MR) is 97.5 cm³/mol. The minimum absolute atomic E-state index is 0.119. The number of unbranched alkanes of at least 4 members (excludes halogenated alkanes) is 4. The molecule has 0 aliphatic carbocycles. The van der Waals surface area contributed by atoms with Gasteiger partial charge >= 0.3 is 11.6 Å². The van der Waals surface area contributed by atoms with Crippen LogP contribution in [-0.4, -0.2) is 18.3 Å². The Morgan fingerprint density at radius 2 is 1.88 bits per heavy atom. The average molecular weight is 348 g/mol. The Kier molecular flexibility index (Phi) is 7.89. The van der Waals surface area contributed by atoms with Gasteiger partial charge in [0.05, 0.1) is 6.61 Å². The van der Waals surface area contributed by atoms with Crippen molar-refractivity contribution < 1.29 is 13.9 Å². The number of carbonyl (C=O) groups excluding carboxylic acids is 1. The first-order valence-electron chi connectivity index (χ1n) is 8.52. The van der Waals surface area contributed by atoms with E-state index in [0.29, 0.717) is 18.6 Å². The van der Waals surface area contributed by atoms with Crippen molar-refractivity contribution in [3.63, 3.8) is 0 Å². The summed E-state index contributed by atoms with van der Waals surface area (Å²) in [7, 11) is 0. The van der Waals surface area contributed by atoms with Gasteiger partial charge < -0.3 is 9.15 Å². The zero-order chi connectivity index (χ0) is 17.2. The number of esters is 1. The molecule has 0 saturated heterocycles. The summed E-state index contributed by atoms with van der Waals surface area (Å²) in [5.41, 5.74) is 0.354. The summed E-state index contributed by atoms with van der Waals surface area (Å²) in [5.74, 6) is 0.865. The molecule has 0 radical (unpaired) electrons. The molecular weight excluding hydrogens is 324 g/mol. The Hall–Kier alpha value is -1.75. The Bertz CT molecular complexity index is 708. The van der Waals surface area contributed by atoms with Crippen LogP contribution in [0.1, 0.15) is 45.4 Å². The maximum Gasteiger partial charge on any atom is 0.337 e. The van der Waals surface area contributed by atoms with Crippen molar-refractivity contribution in [1.82, 2.24) is 0 Å². The summed E-state index contributed by atoms with van der Waals surface area (Å²) in [5, 5.41) is 1.000. The molecule has 0 saturated carbocycles. The molecule has 0 aliphatic rings. The van der Waals surface area contributed by atoms with E-state index in [0.717, 1.165) is 48.1 Å². The number of hydrogen-bond acceptors (Lipinski definition) is 5. The summed E-state index contributed by atoms with van der Waals surface area (Å²) in [4.78, 5) is 23.6. The molecular formula is C19H24O4S. The summed E-state index contributed by atoms with van der Waals surface area (Å²) in [6.45, 7) is 2.34. The largest absolute Gasteiger partial charge is 0.466 e. The van der Waals surface area contributed by atoms with Gasteiger partial charge in [0.25, 0.3) is 0 Å². The number of rotatable bonds is 10. The summed E-state index contributed by atoms with van der Waals surface area (Å²) in [6, 6.07) is 9.22. The van der Waals surface area contributed by atoms with E-state index in [2.05, 4.69) is 0 Å². The first-order valence-corrected chi connectivity index (χ1v) is 9.50. The molecule has 1 aromatic heterocycles. The second-order valence-electron chi connectivity index (χ2n) is 5.62. The van der Waals surface area contributed by atoms with Gasteiger partial charge in [-0.3, -0.25) is 4.79 Å². The van der Waals surface area contributed by atoms with Gasteiger partial charge in [-0.25, -0.2) is 4.79 Å². The molecule has 0 bridgehead atoms. The first kappa shape index (κ1) is 18.6. The van der Waals surface area contributed by atoms with Crippen LogP contribution < -0.4 is 5.63 Å². The van der Waals surface area contributed by atoms with E-state index < -0.39 is 0 Å². The molecule has 0 spiro atoms. The van der Waals surface area contributed by atoms with Gasteiger partial charge in [-0.1, -0.05) is 44.4 Å². The fourth-order valence-electron chi connectivity index (χ4n) is 2.41. The standard InChI is InChI=1S/C19H24O4S/c1-2-18(20)22-12-8-4-3-5-9-13-24-17-14-19(21)23-16-11-7-6-10-15(16)17/h6-7,10-11,14H,2-5,8-9,12-13H2,1H3. The quantitative estimate of drug-likeness (QED) is 0.267. The molecule has 1 aromatic carbocycles. The maximum absolute atomic E-state index is 11.6. The van der Waals surface area contributed by atoms with Crippen molar-refractivity contribution in [1.29, 1.82) is 0 Å². The van der Waals surface area contributed by atoms with Gasteiger partial charge in [-0.05, 0) is 24.7 Å². The van der Waals surface area contributed by atoms with Gasteiger partial charge in [0.15, 0.2) is 0 Å². The van der Waals surface area contributed by atoms with E-state index in [1.807, 2.05) is 24.3 Å². The molecule has 0 N–H and O–H groups in total. The highest BCUT2D eigenvalue weighted by atomic mass is 32.2. The van der Waals surface area contributed by atoms with Gasteiger partial charge in [0.1, 0.15) is 5.58 Å². The smallest absolute Gasteiger partial charge is 0.337 e. The fraction of sp³-hybridized carbons (Fsp3) is 0.474. The van der Waals surface area contributed by atoms with Crippen LogP contribution in [0.2, 0.25) is 0 Å². The van der Waals surface area contributed by atoms with E-state index in [1.54, 1.807) is 24.8 Å². The number of thioether (sulfide) groups is 1. The molecule has 0 fully saturated rings. The Morgan fingerprint density at radius 3 is 2.71 bits per heavy atom. The lowest BCUT2D eigenvalue weighted by molar-refractivity contribution is -0.143. The minimum Gasteiger partial charge on any atom is -0.466 e. The third kappa shape index (κ3) is 6.04. The van der Waals surface area contributed by atoms with Crippen molar-refractivity contribution in [2.75, 3.05) is 12.4 Å². The van der Waals surface area contributed by atoms with E-state index in [4.69, 9.17) is 9.15 Å². The zero-order valence-corrected chi connectivity index (χ0v) is 14.9. The van der Waals surface area contributed by atoms with Crippen LogP contribution in [0.5, 0.6) is 0 Å². The molecule has 0 aliphatic heterocycles. The van der Waals surface area contributed by atoms with Gasteiger partial charge in [0.2, 0.25) is 0 Å². The monoisotopic (exact) mass is 348 g/mol. The molecule has 0 unspecified atom stereocenters. The molecule has 4 nitrogen and oxygen atoms in total. The molecule has 0 atom stereocenters. The van der Waals surface area contributed by atoms with E-state index >= 15 is 0 Å². The minimum atomic E-state index is -0.294. The van der Waals surface area contributed by atoms with Gasteiger partial charge in [-0.2, -0.15) is 0 Å². The summed E-state index contributed by atoms with van der Waals surface area (Å²) < 4.78 is 10.3. The molecule has 2 aromatic rings. The first-order chi connectivity index (χ1) is 11.7. The van der Waals surface area contributed by atoms with Crippen molar-refractivity contribution in [3.05, 3.63) is 40.8 Å². The van der Waals surface area contributed by atoms with Crippen LogP contribution in [0.15, 0.2) is 44.4 Å². The third-order valence-corrected chi connectivity index (χ3v) is 4.85. The van der Waals surface area contributed by atoms with Crippen molar-refractivity contribution in [2.24, 2.45) is 0 Å². The fourth-order valence-corrected chi connectivity index (χ4v) is 3.48. The lowest BCUT2D eigenvalue weighted by Crippen LogP contribution is -2.03. The zero-order valence-electron chi connectivity index (χ0n) is 14.1. The van der Waals surface area contributed by atoms with Gasteiger partial charge in [0, 0.05) is 22.8 Å². The number of para-hydroxylation sites is 1. The maximum atomic E-state index is 11.6. The topological polar surface area (TPSA) is 56.5 Å². The van der Waals surface area contributed by atoms with Gasteiger partial charge in [-0.15, -0.1) is 11.8 Å². The highest BCUT2D eigenvalue weighted by Gasteiger charge is 2.05. The highest BCUT2D eigenvalue weighted by Crippen LogP contribution is 2.27. The number of benzene rings is 1. The number of carbonyl (C=O) groups is 1. The Labute approximate surface area is 146 Å². The van der Waals surface area contributed by atoms with E-state index in [9.17, 15) is 9.59 Å². The molecule has 5 heteroatoms. The van der Waals surface area contributed by atoms with Crippen molar-refractivity contribution in [3.8, 4) is 0 Å². The molecule has 1 heterocycles. The second kappa shape index (κ2) is 10.2. The van der Waals surface area contributed by atoms with Crippen molar-refractivity contribution >= 4 is 28.7 Å². The molecule has 130 valence electrons.